The van der Waals surface area contributed by atoms with Crippen LogP contribution in [0.5, 0.6) is 0 Å². The molecule has 1 aromatic rings. The van der Waals surface area contributed by atoms with Crippen LogP contribution in [0.1, 0.15) is 30.7 Å². The number of hydrogen-bond acceptors (Lipinski definition) is 4. The number of ether oxygens (including phenoxy) is 1. The number of amides is 2. The Labute approximate surface area is 122 Å². The van der Waals surface area contributed by atoms with Gasteiger partial charge >= 0.3 is 5.97 Å². The van der Waals surface area contributed by atoms with Crippen molar-refractivity contribution in [3.63, 3.8) is 0 Å². The lowest BCUT2D eigenvalue weighted by Gasteiger charge is -2.07. The zero-order valence-electron chi connectivity index (χ0n) is 11.8. The van der Waals surface area contributed by atoms with Crippen LogP contribution in [-0.2, 0) is 19.1 Å². The zero-order chi connectivity index (χ0) is 15.2. The Hall–Kier alpha value is -2.37. The summed E-state index contributed by atoms with van der Waals surface area (Å²) in [5.41, 5.74) is 5.84. The van der Waals surface area contributed by atoms with E-state index in [1.54, 1.807) is 0 Å². The van der Waals surface area contributed by atoms with Crippen LogP contribution in [0.3, 0.4) is 0 Å². The van der Waals surface area contributed by atoms with Crippen LogP contribution in [0.25, 0.3) is 0 Å². The molecule has 1 aliphatic carbocycles. The van der Waals surface area contributed by atoms with Gasteiger partial charge in [0.25, 0.3) is 0 Å². The van der Waals surface area contributed by atoms with Gasteiger partial charge < -0.3 is 4.74 Å². The minimum atomic E-state index is -0.456. The molecule has 2 amide bonds. The molecule has 0 heterocycles. The number of carbonyl (C=O) groups excluding carboxylic acids is 3. The number of esters is 1. The first kappa shape index (κ1) is 15.0. The molecule has 1 fully saturated rings. The summed E-state index contributed by atoms with van der Waals surface area (Å²) in [6, 6.07) is 9.80. The van der Waals surface area contributed by atoms with Gasteiger partial charge in [0.05, 0.1) is 13.5 Å². The van der Waals surface area contributed by atoms with Crippen molar-refractivity contribution in [1.82, 2.24) is 10.9 Å². The molecule has 0 bridgehead atoms. The van der Waals surface area contributed by atoms with Gasteiger partial charge in [0.1, 0.15) is 0 Å². The summed E-state index contributed by atoms with van der Waals surface area (Å²) in [5.74, 6) is -0.949. The molecule has 0 unspecified atom stereocenters. The average molecular weight is 290 g/mol. The van der Waals surface area contributed by atoms with Crippen molar-refractivity contribution >= 4 is 17.8 Å². The normalized spacial score (nSPS) is 19.5. The second-order valence-electron chi connectivity index (χ2n) is 4.97. The van der Waals surface area contributed by atoms with Gasteiger partial charge in [0, 0.05) is 12.3 Å². The minimum Gasteiger partial charge on any atom is -0.469 e. The molecular weight excluding hydrogens is 272 g/mol. The molecule has 0 radical (unpaired) electrons. The maximum absolute atomic E-state index is 11.9. The maximum atomic E-state index is 11.9. The largest absolute Gasteiger partial charge is 0.469 e. The van der Waals surface area contributed by atoms with E-state index in [-0.39, 0.29) is 30.6 Å². The lowest BCUT2D eigenvalue weighted by Crippen LogP contribution is -2.42. The Morgan fingerprint density at radius 3 is 2.52 bits per heavy atom. The van der Waals surface area contributed by atoms with Gasteiger partial charge in [-0.05, 0) is 17.9 Å². The number of carbonyl (C=O) groups is 3. The fourth-order valence-corrected chi connectivity index (χ4v) is 2.16. The van der Waals surface area contributed by atoms with E-state index in [1.807, 2.05) is 30.3 Å². The molecule has 112 valence electrons. The second kappa shape index (κ2) is 6.88. The Balaban J connectivity index is 1.69. The maximum Gasteiger partial charge on any atom is 0.306 e. The number of rotatable bonds is 5. The van der Waals surface area contributed by atoms with E-state index in [4.69, 9.17) is 0 Å². The third kappa shape index (κ3) is 4.30. The highest BCUT2D eigenvalue weighted by molar-refractivity contribution is 5.87. The van der Waals surface area contributed by atoms with Gasteiger partial charge in [0.15, 0.2) is 0 Å². The van der Waals surface area contributed by atoms with Crippen molar-refractivity contribution in [2.45, 2.75) is 25.2 Å². The summed E-state index contributed by atoms with van der Waals surface area (Å²) in [7, 11) is 1.26. The number of hydrazine groups is 1. The first-order chi connectivity index (χ1) is 10.1. The van der Waals surface area contributed by atoms with Crippen LogP contribution in [-0.4, -0.2) is 24.9 Å². The van der Waals surface area contributed by atoms with E-state index in [2.05, 4.69) is 15.6 Å². The first-order valence-corrected chi connectivity index (χ1v) is 6.82. The van der Waals surface area contributed by atoms with Crippen LogP contribution in [0.15, 0.2) is 30.3 Å². The van der Waals surface area contributed by atoms with Crippen LogP contribution in [0, 0.1) is 5.92 Å². The molecule has 1 aliphatic rings. The van der Waals surface area contributed by atoms with E-state index in [0.29, 0.717) is 0 Å². The zero-order valence-corrected chi connectivity index (χ0v) is 11.8. The molecular formula is C15H18N2O4. The van der Waals surface area contributed by atoms with E-state index < -0.39 is 11.9 Å². The highest BCUT2D eigenvalue weighted by Crippen LogP contribution is 2.47. The van der Waals surface area contributed by atoms with Gasteiger partial charge in [0.2, 0.25) is 11.8 Å². The Bertz CT molecular complexity index is 530. The van der Waals surface area contributed by atoms with Gasteiger partial charge in [-0.2, -0.15) is 0 Å². The molecule has 21 heavy (non-hydrogen) atoms. The van der Waals surface area contributed by atoms with Crippen molar-refractivity contribution in [1.29, 1.82) is 0 Å². The number of methoxy groups -OCH3 is 1. The van der Waals surface area contributed by atoms with Gasteiger partial charge in [-0.25, -0.2) is 0 Å². The van der Waals surface area contributed by atoms with Crippen LogP contribution in [0.2, 0.25) is 0 Å². The third-order valence-corrected chi connectivity index (χ3v) is 3.46. The monoisotopic (exact) mass is 290 g/mol. The van der Waals surface area contributed by atoms with Crippen molar-refractivity contribution in [3.05, 3.63) is 35.9 Å². The predicted molar refractivity (Wildman–Crippen MR) is 74.8 cm³/mol. The van der Waals surface area contributed by atoms with E-state index in [1.165, 1.54) is 7.11 Å². The Kier molecular flexibility index (Phi) is 4.92. The van der Waals surface area contributed by atoms with Gasteiger partial charge in [-0.3, -0.25) is 25.2 Å². The molecule has 1 aromatic carbocycles. The summed E-state index contributed by atoms with van der Waals surface area (Å²) in [6.45, 7) is 0. The van der Waals surface area contributed by atoms with Crippen LogP contribution in [0.4, 0.5) is 0 Å². The van der Waals surface area contributed by atoms with E-state index >= 15 is 0 Å². The standard InChI is InChI=1S/C15H18N2O4/c1-21-14(19)8-7-13(18)16-17-15(20)12-9-11(12)10-5-3-2-4-6-10/h2-6,11-12H,7-9H2,1H3,(H,16,18)(H,17,20)/t11-,12-/m0/s1. The first-order valence-electron chi connectivity index (χ1n) is 6.82. The van der Waals surface area contributed by atoms with Gasteiger partial charge in [-0.1, -0.05) is 30.3 Å². The van der Waals surface area contributed by atoms with Crippen LogP contribution >= 0.6 is 0 Å². The van der Waals surface area contributed by atoms with E-state index in [9.17, 15) is 14.4 Å². The lowest BCUT2D eigenvalue weighted by atomic mass is 10.1. The molecule has 0 spiro atoms. The molecule has 2 atom stereocenters. The number of hydrogen-bond donors (Lipinski definition) is 2. The number of nitrogens with one attached hydrogen (secondary N) is 2. The Morgan fingerprint density at radius 1 is 1.14 bits per heavy atom. The molecule has 6 heteroatoms. The van der Waals surface area contributed by atoms with Crippen molar-refractivity contribution in [2.75, 3.05) is 7.11 Å². The smallest absolute Gasteiger partial charge is 0.306 e. The highest BCUT2D eigenvalue weighted by Gasteiger charge is 2.43. The molecule has 1 saturated carbocycles. The minimum absolute atomic E-state index is 0.00568. The summed E-state index contributed by atoms with van der Waals surface area (Å²) < 4.78 is 4.43. The topological polar surface area (TPSA) is 84.5 Å². The summed E-state index contributed by atoms with van der Waals surface area (Å²) >= 11 is 0. The van der Waals surface area contributed by atoms with Crippen molar-refractivity contribution in [2.24, 2.45) is 5.92 Å². The summed E-state index contributed by atoms with van der Waals surface area (Å²) in [6.07, 6.45) is 0.766. The van der Waals surface area contributed by atoms with Crippen molar-refractivity contribution < 1.29 is 19.1 Å². The summed E-state index contributed by atoms with van der Waals surface area (Å²) in [4.78, 5) is 34.2. The fraction of sp³-hybridized carbons (Fsp3) is 0.400. The quantitative estimate of drug-likeness (QED) is 0.623. The van der Waals surface area contributed by atoms with Gasteiger partial charge in [-0.15, -0.1) is 0 Å². The predicted octanol–water partition coefficient (Wildman–Crippen LogP) is 0.891. The molecule has 0 saturated heterocycles. The Morgan fingerprint density at radius 2 is 1.86 bits per heavy atom. The fourth-order valence-electron chi connectivity index (χ4n) is 2.16. The van der Waals surface area contributed by atoms with Crippen LogP contribution < -0.4 is 10.9 Å². The molecule has 0 aliphatic heterocycles. The van der Waals surface area contributed by atoms with E-state index in [0.717, 1.165) is 12.0 Å². The highest BCUT2D eigenvalue weighted by atomic mass is 16.5. The average Bonchev–Trinajstić information content (AvgIpc) is 3.31. The second-order valence-corrected chi connectivity index (χ2v) is 4.97. The lowest BCUT2D eigenvalue weighted by molar-refractivity contribution is -0.142. The molecule has 6 nitrogen and oxygen atoms in total. The summed E-state index contributed by atoms with van der Waals surface area (Å²) in [5, 5.41) is 0. The molecule has 2 rings (SSSR count). The van der Waals surface area contributed by atoms with Crippen molar-refractivity contribution in [3.8, 4) is 0 Å². The molecule has 0 aromatic heterocycles. The number of benzene rings is 1. The third-order valence-electron chi connectivity index (χ3n) is 3.46. The SMILES string of the molecule is COC(=O)CCC(=O)NNC(=O)[C@H]1C[C@H]1c1ccccc1. The molecule has 2 N–H and O–H groups in total.